The van der Waals surface area contributed by atoms with Crippen molar-refractivity contribution in [2.45, 2.75) is 6.10 Å². The molecule has 1 aliphatic rings. The van der Waals surface area contributed by atoms with Crippen molar-refractivity contribution in [3.8, 4) is 11.5 Å². The van der Waals surface area contributed by atoms with E-state index in [1.165, 1.54) is 12.2 Å². The van der Waals surface area contributed by atoms with Crippen LogP contribution in [0.4, 0.5) is 0 Å². The molecule has 0 radical (unpaired) electrons. The molecule has 4 rings (SSSR count). The SMILES string of the molecule is O=C(/C=C/c1ccccc1)OC[C@H](OC(=O)/C=C/c1ccccc1)c1cccc2c1OCO2. The first-order chi connectivity index (χ1) is 16.2. The number of rotatable bonds is 8. The number of benzene rings is 3. The summed E-state index contributed by atoms with van der Waals surface area (Å²) >= 11 is 0. The summed E-state index contributed by atoms with van der Waals surface area (Å²) in [7, 11) is 0. The number of carbonyl (C=O) groups is 2. The van der Waals surface area contributed by atoms with Gasteiger partial charge in [-0.25, -0.2) is 9.59 Å². The first kappa shape index (κ1) is 21.9. The third kappa shape index (κ3) is 6.11. The zero-order chi connectivity index (χ0) is 22.9. The Balaban J connectivity index is 1.46. The van der Waals surface area contributed by atoms with Gasteiger partial charge < -0.3 is 18.9 Å². The smallest absolute Gasteiger partial charge is 0.331 e. The third-order valence-corrected chi connectivity index (χ3v) is 4.83. The molecule has 0 bridgehead atoms. The summed E-state index contributed by atoms with van der Waals surface area (Å²) in [6.07, 6.45) is 5.11. The molecule has 0 saturated heterocycles. The Morgan fingerprint density at radius 1 is 0.788 bits per heavy atom. The van der Waals surface area contributed by atoms with Crippen molar-refractivity contribution in [2.75, 3.05) is 13.4 Å². The molecular formula is C27H22O6. The number of hydrogen-bond donors (Lipinski definition) is 0. The van der Waals surface area contributed by atoms with E-state index < -0.39 is 18.0 Å². The highest BCUT2D eigenvalue weighted by Crippen LogP contribution is 2.39. The molecule has 0 unspecified atom stereocenters. The first-order valence-corrected chi connectivity index (χ1v) is 10.4. The summed E-state index contributed by atoms with van der Waals surface area (Å²) in [6.45, 7) is -0.108. The van der Waals surface area contributed by atoms with E-state index in [-0.39, 0.29) is 13.4 Å². The fourth-order valence-electron chi connectivity index (χ4n) is 3.24. The minimum absolute atomic E-state index is 0.0700. The van der Waals surface area contributed by atoms with Crippen molar-refractivity contribution in [3.05, 3.63) is 108 Å². The van der Waals surface area contributed by atoms with Gasteiger partial charge in [0.05, 0.1) is 0 Å². The molecule has 0 N–H and O–H groups in total. The Morgan fingerprint density at radius 2 is 1.42 bits per heavy atom. The van der Waals surface area contributed by atoms with E-state index in [4.69, 9.17) is 18.9 Å². The van der Waals surface area contributed by atoms with Gasteiger partial charge in [0.25, 0.3) is 0 Å². The van der Waals surface area contributed by atoms with E-state index in [1.807, 2.05) is 60.7 Å². The maximum atomic E-state index is 12.5. The van der Waals surface area contributed by atoms with Gasteiger partial charge in [-0.2, -0.15) is 0 Å². The molecule has 0 spiro atoms. The Morgan fingerprint density at radius 3 is 2.09 bits per heavy atom. The molecule has 3 aromatic carbocycles. The molecule has 0 saturated carbocycles. The number of fused-ring (bicyclic) bond motifs is 1. The Kier molecular flexibility index (Phi) is 7.18. The highest BCUT2D eigenvalue weighted by Gasteiger charge is 2.26. The summed E-state index contributed by atoms with van der Waals surface area (Å²) < 4.78 is 22.0. The average molecular weight is 442 g/mol. The molecular weight excluding hydrogens is 420 g/mol. The predicted octanol–water partition coefficient (Wildman–Crippen LogP) is 4.97. The molecule has 6 heteroatoms. The van der Waals surface area contributed by atoms with Crippen LogP contribution in [0.25, 0.3) is 12.2 Å². The average Bonchev–Trinajstić information content (AvgIpc) is 3.34. The van der Waals surface area contributed by atoms with E-state index in [2.05, 4.69) is 0 Å². The molecule has 0 amide bonds. The quantitative estimate of drug-likeness (QED) is 0.362. The highest BCUT2D eigenvalue weighted by atomic mass is 16.7. The lowest BCUT2D eigenvalue weighted by Gasteiger charge is -2.18. The maximum Gasteiger partial charge on any atom is 0.331 e. The summed E-state index contributed by atoms with van der Waals surface area (Å²) in [6, 6.07) is 24.1. The molecule has 1 atom stereocenters. The van der Waals surface area contributed by atoms with Gasteiger partial charge in [-0.3, -0.25) is 0 Å². The van der Waals surface area contributed by atoms with Gasteiger partial charge >= 0.3 is 11.9 Å². The molecule has 0 aromatic heterocycles. The van der Waals surface area contributed by atoms with E-state index in [0.717, 1.165) is 11.1 Å². The summed E-state index contributed by atoms with van der Waals surface area (Å²) in [5, 5.41) is 0. The van der Waals surface area contributed by atoms with Crippen LogP contribution in [-0.4, -0.2) is 25.3 Å². The van der Waals surface area contributed by atoms with Crippen molar-refractivity contribution >= 4 is 24.1 Å². The number of carbonyl (C=O) groups excluding carboxylic acids is 2. The van der Waals surface area contributed by atoms with Gasteiger partial charge in [0.15, 0.2) is 17.6 Å². The predicted molar refractivity (Wildman–Crippen MR) is 123 cm³/mol. The van der Waals surface area contributed by atoms with Crippen LogP contribution in [0.1, 0.15) is 22.8 Å². The van der Waals surface area contributed by atoms with Gasteiger partial charge in [0, 0.05) is 17.7 Å². The maximum absolute atomic E-state index is 12.5. The van der Waals surface area contributed by atoms with Crippen LogP contribution < -0.4 is 9.47 Å². The van der Waals surface area contributed by atoms with Crippen LogP contribution in [0.3, 0.4) is 0 Å². The molecule has 3 aromatic rings. The number of ether oxygens (including phenoxy) is 4. The zero-order valence-electron chi connectivity index (χ0n) is 17.8. The van der Waals surface area contributed by atoms with Gasteiger partial charge in [0.2, 0.25) is 6.79 Å². The molecule has 0 fully saturated rings. The summed E-state index contributed by atoms with van der Waals surface area (Å²) in [5.74, 6) is -0.109. The van der Waals surface area contributed by atoms with Crippen molar-refractivity contribution in [1.29, 1.82) is 0 Å². The van der Waals surface area contributed by atoms with Crippen LogP contribution in [0.2, 0.25) is 0 Å². The minimum atomic E-state index is -0.872. The van der Waals surface area contributed by atoms with E-state index in [1.54, 1.807) is 30.4 Å². The van der Waals surface area contributed by atoms with Crippen LogP contribution >= 0.6 is 0 Å². The van der Waals surface area contributed by atoms with Crippen LogP contribution in [0, 0.1) is 0 Å². The topological polar surface area (TPSA) is 71.1 Å². The molecule has 1 aliphatic heterocycles. The lowest BCUT2D eigenvalue weighted by molar-refractivity contribution is -0.153. The molecule has 166 valence electrons. The Hall–Kier alpha value is -4.32. The fraction of sp³-hybridized carbons (Fsp3) is 0.111. The van der Waals surface area contributed by atoms with Crippen molar-refractivity contribution in [1.82, 2.24) is 0 Å². The van der Waals surface area contributed by atoms with Crippen LogP contribution in [-0.2, 0) is 19.1 Å². The van der Waals surface area contributed by atoms with Gasteiger partial charge in [-0.15, -0.1) is 0 Å². The fourth-order valence-corrected chi connectivity index (χ4v) is 3.24. The monoisotopic (exact) mass is 442 g/mol. The number of esters is 2. The standard InChI is InChI=1S/C27H22O6/c28-25(16-14-20-8-3-1-4-9-20)30-18-24(22-12-7-13-23-27(22)32-19-31-23)33-26(29)17-15-21-10-5-2-6-11-21/h1-17,24H,18-19H2/b16-14+,17-15+/t24-/m0/s1. The molecule has 0 aliphatic carbocycles. The molecule has 33 heavy (non-hydrogen) atoms. The first-order valence-electron chi connectivity index (χ1n) is 10.4. The van der Waals surface area contributed by atoms with E-state index in [9.17, 15) is 9.59 Å². The second-order valence-electron chi connectivity index (χ2n) is 7.12. The summed E-state index contributed by atoms with van der Waals surface area (Å²) in [5.41, 5.74) is 2.29. The third-order valence-electron chi connectivity index (χ3n) is 4.83. The Labute approximate surface area is 191 Å². The van der Waals surface area contributed by atoms with Crippen LogP contribution in [0.5, 0.6) is 11.5 Å². The van der Waals surface area contributed by atoms with E-state index in [0.29, 0.717) is 17.1 Å². The number of para-hydroxylation sites is 1. The second kappa shape index (κ2) is 10.8. The minimum Gasteiger partial charge on any atom is -0.458 e. The number of hydrogen-bond acceptors (Lipinski definition) is 6. The van der Waals surface area contributed by atoms with Gasteiger partial charge in [-0.05, 0) is 29.3 Å². The normalized spacial score (nSPS) is 13.2. The van der Waals surface area contributed by atoms with Crippen molar-refractivity contribution in [3.63, 3.8) is 0 Å². The highest BCUT2D eigenvalue weighted by molar-refractivity contribution is 5.88. The lowest BCUT2D eigenvalue weighted by Crippen LogP contribution is -2.18. The van der Waals surface area contributed by atoms with Crippen molar-refractivity contribution < 1.29 is 28.5 Å². The van der Waals surface area contributed by atoms with Crippen LogP contribution in [0.15, 0.2) is 91.0 Å². The lowest BCUT2D eigenvalue weighted by atomic mass is 10.1. The zero-order valence-corrected chi connectivity index (χ0v) is 17.8. The van der Waals surface area contributed by atoms with E-state index >= 15 is 0 Å². The largest absolute Gasteiger partial charge is 0.458 e. The molecule has 6 nitrogen and oxygen atoms in total. The Bertz CT molecular complexity index is 1150. The van der Waals surface area contributed by atoms with Gasteiger partial charge in [0.1, 0.15) is 6.61 Å². The molecule has 1 heterocycles. The second-order valence-corrected chi connectivity index (χ2v) is 7.12. The summed E-state index contributed by atoms with van der Waals surface area (Å²) in [4.78, 5) is 24.8. The van der Waals surface area contributed by atoms with Crippen molar-refractivity contribution in [2.24, 2.45) is 0 Å². The van der Waals surface area contributed by atoms with Gasteiger partial charge in [-0.1, -0.05) is 72.8 Å².